The highest BCUT2D eigenvalue weighted by Gasteiger charge is 2.11. The average molecular weight is 286 g/mol. The number of aryl methyl sites for hydroxylation is 1. The van der Waals surface area contributed by atoms with E-state index in [4.69, 9.17) is 9.47 Å². The zero-order valence-corrected chi connectivity index (χ0v) is 13.0. The van der Waals surface area contributed by atoms with Crippen LogP contribution in [0.15, 0.2) is 36.4 Å². The van der Waals surface area contributed by atoms with E-state index in [0.717, 1.165) is 17.0 Å². The Morgan fingerprint density at radius 3 is 2.76 bits per heavy atom. The van der Waals surface area contributed by atoms with Crippen LogP contribution in [0.4, 0.5) is 0 Å². The molecular formula is C17H22N2O2. The Labute approximate surface area is 126 Å². The number of aromatic nitrogens is 1. The molecule has 0 aliphatic rings. The quantitative estimate of drug-likeness (QED) is 0.885. The maximum absolute atomic E-state index is 5.94. The molecule has 1 N–H and O–H groups in total. The van der Waals surface area contributed by atoms with Gasteiger partial charge in [0, 0.05) is 17.7 Å². The molecule has 1 aromatic heterocycles. The van der Waals surface area contributed by atoms with Crippen molar-refractivity contribution in [2.75, 3.05) is 14.2 Å². The van der Waals surface area contributed by atoms with Crippen LogP contribution in [-0.2, 0) is 6.61 Å². The normalized spacial score (nSPS) is 12.0. The molecule has 0 aliphatic heterocycles. The summed E-state index contributed by atoms with van der Waals surface area (Å²) in [5, 5.41) is 3.25. The molecule has 0 saturated carbocycles. The molecule has 0 saturated heterocycles. The number of methoxy groups -OCH3 is 1. The number of hydrogen-bond donors (Lipinski definition) is 1. The number of pyridine rings is 1. The lowest BCUT2D eigenvalue weighted by Gasteiger charge is -2.17. The highest BCUT2D eigenvalue weighted by Crippen LogP contribution is 2.27. The molecular weight excluding hydrogens is 264 g/mol. The predicted octanol–water partition coefficient (Wildman–Crippen LogP) is 3.26. The molecule has 1 atom stereocenters. The van der Waals surface area contributed by atoms with E-state index in [1.807, 2.05) is 31.3 Å². The number of benzene rings is 1. The molecule has 4 heteroatoms. The molecule has 1 heterocycles. The van der Waals surface area contributed by atoms with Gasteiger partial charge in [0.25, 0.3) is 0 Å². The van der Waals surface area contributed by atoms with Crippen molar-refractivity contribution in [1.29, 1.82) is 0 Å². The SMILES string of the molecule is CNC(C)c1cc(C)ccc1OCc1cccc(OC)n1. The summed E-state index contributed by atoms with van der Waals surface area (Å²) >= 11 is 0. The molecule has 21 heavy (non-hydrogen) atoms. The standard InChI is InChI=1S/C17H22N2O2/c1-12-8-9-16(15(10-12)13(2)18-3)21-11-14-6-5-7-17(19-14)20-4/h5-10,13,18H,11H2,1-4H3. The first-order chi connectivity index (χ1) is 10.1. The second-order valence-electron chi connectivity index (χ2n) is 5.01. The van der Waals surface area contributed by atoms with Crippen LogP contribution in [-0.4, -0.2) is 19.1 Å². The lowest BCUT2D eigenvalue weighted by Crippen LogP contribution is -2.14. The van der Waals surface area contributed by atoms with Crippen molar-refractivity contribution < 1.29 is 9.47 Å². The van der Waals surface area contributed by atoms with Gasteiger partial charge in [-0.3, -0.25) is 0 Å². The first-order valence-corrected chi connectivity index (χ1v) is 7.04. The summed E-state index contributed by atoms with van der Waals surface area (Å²) in [7, 11) is 3.56. The van der Waals surface area contributed by atoms with Crippen molar-refractivity contribution in [3.63, 3.8) is 0 Å². The summed E-state index contributed by atoms with van der Waals surface area (Å²) < 4.78 is 11.1. The Kier molecular flexibility index (Phi) is 5.17. The van der Waals surface area contributed by atoms with Crippen LogP contribution >= 0.6 is 0 Å². The first kappa shape index (κ1) is 15.3. The van der Waals surface area contributed by atoms with Crippen molar-refractivity contribution in [3.05, 3.63) is 53.2 Å². The van der Waals surface area contributed by atoms with Crippen molar-refractivity contribution in [2.45, 2.75) is 26.5 Å². The van der Waals surface area contributed by atoms with Crippen LogP contribution in [0.1, 0.15) is 29.8 Å². The fourth-order valence-corrected chi connectivity index (χ4v) is 2.10. The van der Waals surface area contributed by atoms with Gasteiger partial charge in [-0.15, -0.1) is 0 Å². The molecule has 1 aromatic carbocycles. The highest BCUT2D eigenvalue weighted by molar-refractivity contribution is 5.39. The van der Waals surface area contributed by atoms with E-state index in [1.54, 1.807) is 7.11 Å². The van der Waals surface area contributed by atoms with Gasteiger partial charge < -0.3 is 14.8 Å². The van der Waals surface area contributed by atoms with Crippen LogP contribution < -0.4 is 14.8 Å². The van der Waals surface area contributed by atoms with Gasteiger partial charge in [0.15, 0.2) is 0 Å². The fourth-order valence-electron chi connectivity index (χ4n) is 2.10. The van der Waals surface area contributed by atoms with Gasteiger partial charge in [-0.05, 0) is 33.0 Å². The van der Waals surface area contributed by atoms with E-state index in [2.05, 4.69) is 36.3 Å². The molecule has 0 spiro atoms. The molecule has 0 radical (unpaired) electrons. The maximum atomic E-state index is 5.94. The second-order valence-corrected chi connectivity index (χ2v) is 5.01. The summed E-state index contributed by atoms with van der Waals surface area (Å²) in [6.45, 7) is 4.62. The van der Waals surface area contributed by atoms with Crippen LogP contribution in [0.2, 0.25) is 0 Å². The Morgan fingerprint density at radius 2 is 2.05 bits per heavy atom. The number of nitrogens with one attached hydrogen (secondary N) is 1. The molecule has 2 rings (SSSR count). The minimum absolute atomic E-state index is 0.234. The lowest BCUT2D eigenvalue weighted by molar-refractivity contribution is 0.292. The zero-order chi connectivity index (χ0) is 15.2. The number of nitrogens with zero attached hydrogens (tertiary/aromatic N) is 1. The minimum atomic E-state index is 0.234. The second kappa shape index (κ2) is 7.09. The summed E-state index contributed by atoms with van der Waals surface area (Å²) in [4.78, 5) is 4.36. The van der Waals surface area contributed by atoms with E-state index in [9.17, 15) is 0 Å². The van der Waals surface area contributed by atoms with Crippen LogP contribution in [0.3, 0.4) is 0 Å². The van der Waals surface area contributed by atoms with E-state index in [-0.39, 0.29) is 6.04 Å². The van der Waals surface area contributed by atoms with Crippen molar-refractivity contribution in [2.24, 2.45) is 0 Å². The Morgan fingerprint density at radius 1 is 1.24 bits per heavy atom. The molecule has 0 bridgehead atoms. The Hall–Kier alpha value is -2.07. The van der Waals surface area contributed by atoms with Gasteiger partial charge in [-0.2, -0.15) is 0 Å². The lowest BCUT2D eigenvalue weighted by atomic mass is 10.0. The average Bonchev–Trinajstić information content (AvgIpc) is 2.53. The van der Waals surface area contributed by atoms with Crippen LogP contribution in [0.5, 0.6) is 11.6 Å². The third-order valence-electron chi connectivity index (χ3n) is 3.43. The van der Waals surface area contributed by atoms with E-state index in [1.165, 1.54) is 5.56 Å². The van der Waals surface area contributed by atoms with Crippen LogP contribution in [0.25, 0.3) is 0 Å². The van der Waals surface area contributed by atoms with Gasteiger partial charge in [0.1, 0.15) is 12.4 Å². The molecule has 0 fully saturated rings. The number of ether oxygens (including phenoxy) is 2. The fraction of sp³-hybridized carbons (Fsp3) is 0.353. The Bertz CT molecular complexity index is 599. The van der Waals surface area contributed by atoms with E-state index in [0.29, 0.717) is 12.5 Å². The first-order valence-electron chi connectivity index (χ1n) is 7.04. The topological polar surface area (TPSA) is 43.4 Å². The van der Waals surface area contributed by atoms with Gasteiger partial charge in [0.2, 0.25) is 5.88 Å². The minimum Gasteiger partial charge on any atom is -0.487 e. The summed E-state index contributed by atoms with van der Waals surface area (Å²) in [5.41, 5.74) is 3.22. The highest BCUT2D eigenvalue weighted by atomic mass is 16.5. The summed E-state index contributed by atoms with van der Waals surface area (Å²) in [5.74, 6) is 1.48. The zero-order valence-electron chi connectivity index (χ0n) is 13.0. The smallest absolute Gasteiger partial charge is 0.213 e. The Balaban J connectivity index is 2.15. The molecule has 0 aliphatic carbocycles. The largest absolute Gasteiger partial charge is 0.487 e. The maximum Gasteiger partial charge on any atom is 0.213 e. The molecule has 2 aromatic rings. The summed E-state index contributed by atoms with van der Waals surface area (Å²) in [6, 6.07) is 12.1. The summed E-state index contributed by atoms with van der Waals surface area (Å²) in [6.07, 6.45) is 0. The third-order valence-corrected chi connectivity index (χ3v) is 3.43. The van der Waals surface area contributed by atoms with Gasteiger partial charge >= 0.3 is 0 Å². The van der Waals surface area contributed by atoms with Gasteiger partial charge in [0.05, 0.1) is 12.8 Å². The predicted molar refractivity (Wildman–Crippen MR) is 83.8 cm³/mol. The number of hydrogen-bond acceptors (Lipinski definition) is 4. The van der Waals surface area contributed by atoms with Gasteiger partial charge in [-0.1, -0.05) is 23.8 Å². The molecule has 0 amide bonds. The third kappa shape index (κ3) is 3.95. The monoisotopic (exact) mass is 286 g/mol. The van der Waals surface area contributed by atoms with Gasteiger partial charge in [-0.25, -0.2) is 4.98 Å². The van der Waals surface area contributed by atoms with Crippen molar-refractivity contribution in [1.82, 2.24) is 10.3 Å². The van der Waals surface area contributed by atoms with E-state index < -0.39 is 0 Å². The molecule has 4 nitrogen and oxygen atoms in total. The molecule has 1 unspecified atom stereocenters. The van der Waals surface area contributed by atoms with Crippen LogP contribution in [0, 0.1) is 6.92 Å². The van der Waals surface area contributed by atoms with Crippen molar-refractivity contribution >= 4 is 0 Å². The van der Waals surface area contributed by atoms with E-state index >= 15 is 0 Å². The molecule has 112 valence electrons. The number of rotatable bonds is 6. The van der Waals surface area contributed by atoms with Crippen molar-refractivity contribution in [3.8, 4) is 11.6 Å².